The van der Waals surface area contributed by atoms with Crippen LogP contribution in [0.2, 0.25) is 0 Å². The van der Waals surface area contributed by atoms with Crippen LogP contribution in [0.25, 0.3) is 0 Å². The van der Waals surface area contributed by atoms with Crippen molar-refractivity contribution in [3.8, 4) is 0 Å². The van der Waals surface area contributed by atoms with Gasteiger partial charge in [-0.3, -0.25) is 0 Å². The van der Waals surface area contributed by atoms with Gasteiger partial charge in [0.1, 0.15) is 0 Å². The van der Waals surface area contributed by atoms with E-state index in [2.05, 4.69) is 57.2 Å². The minimum atomic E-state index is 0.517. The van der Waals surface area contributed by atoms with E-state index in [0.29, 0.717) is 20.9 Å². The summed E-state index contributed by atoms with van der Waals surface area (Å²) in [4.78, 5) is 0. The maximum absolute atomic E-state index is 2.47. The molecule has 0 fully saturated rings. The summed E-state index contributed by atoms with van der Waals surface area (Å²) in [5, 5.41) is 0. The van der Waals surface area contributed by atoms with Gasteiger partial charge in [-0.25, -0.2) is 0 Å². The topological polar surface area (TPSA) is 0 Å². The van der Waals surface area contributed by atoms with Crippen LogP contribution in [0.3, 0.4) is 0 Å². The summed E-state index contributed by atoms with van der Waals surface area (Å²) in [6, 6.07) is 10.9. The fraction of sp³-hybridized carbons (Fsp3) is 0.467. The van der Waals surface area contributed by atoms with Crippen molar-refractivity contribution in [1.29, 1.82) is 0 Å². The summed E-state index contributed by atoms with van der Waals surface area (Å²) in [6.45, 7) is 6.87. The van der Waals surface area contributed by atoms with Crippen LogP contribution in [0.15, 0.2) is 40.9 Å². The normalized spacial score (nSPS) is 12.1. The van der Waals surface area contributed by atoms with Gasteiger partial charge in [-0.15, -0.1) is 0 Å². The molecule has 1 rings (SSSR count). The summed E-state index contributed by atoms with van der Waals surface area (Å²) < 4.78 is 3.14. The Morgan fingerprint density at radius 1 is 1.25 bits per heavy atom. The second kappa shape index (κ2) is 7.70. The minimum absolute atomic E-state index is 0.517. The number of rotatable bonds is 6. The zero-order chi connectivity index (χ0) is 11.8. The van der Waals surface area contributed by atoms with Crippen LogP contribution in [0.1, 0.15) is 40.0 Å². The third-order valence-corrected chi connectivity index (χ3v) is 5.35. The molecule has 0 aliphatic heterocycles. The molecule has 0 heterocycles. The van der Waals surface area contributed by atoms with Gasteiger partial charge in [0, 0.05) is 0 Å². The monoisotopic (exact) mass is 282 g/mol. The van der Waals surface area contributed by atoms with Gasteiger partial charge in [0.15, 0.2) is 0 Å². The molecule has 0 unspecified atom stereocenters. The van der Waals surface area contributed by atoms with Crippen molar-refractivity contribution in [2.45, 2.75) is 40.0 Å². The number of unbranched alkanes of at least 4 members (excludes halogenated alkanes) is 2. The van der Waals surface area contributed by atoms with Gasteiger partial charge in [-0.05, 0) is 0 Å². The van der Waals surface area contributed by atoms with Gasteiger partial charge in [0.25, 0.3) is 0 Å². The Hall–Kier alpha value is -0.521. The van der Waals surface area contributed by atoms with E-state index in [1.807, 2.05) is 0 Å². The molecule has 0 aromatic heterocycles. The molecular formula is C15H22Se. The van der Waals surface area contributed by atoms with Crippen LogP contribution in [-0.2, 0) is 0 Å². The molecule has 1 aromatic rings. The number of hydrogen-bond donors (Lipinski definition) is 0. The zero-order valence-corrected chi connectivity index (χ0v) is 12.3. The Labute approximate surface area is 106 Å². The summed E-state index contributed by atoms with van der Waals surface area (Å²) in [5.74, 6) is 0.692. The molecular weight excluding hydrogens is 259 g/mol. The molecule has 0 nitrogen and oxygen atoms in total. The Balaban J connectivity index is 2.61. The van der Waals surface area contributed by atoms with Crippen LogP contribution < -0.4 is 4.46 Å². The third kappa shape index (κ3) is 5.01. The van der Waals surface area contributed by atoms with Gasteiger partial charge in [0.2, 0.25) is 0 Å². The van der Waals surface area contributed by atoms with Crippen molar-refractivity contribution in [3.63, 3.8) is 0 Å². The maximum atomic E-state index is 2.47. The molecule has 1 aromatic carbocycles. The molecule has 0 N–H and O–H groups in total. The average molecular weight is 281 g/mol. The second-order valence-electron chi connectivity index (χ2n) is 4.32. The average Bonchev–Trinajstić information content (AvgIpc) is 2.29. The molecule has 0 radical (unpaired) electrons. The van der Waals surface area contributed by atoms with Crippen molar-refractivity contribution in [2.24, 2.45) is 5.92 Å². The van der Waals surface area contributed by atoms with E-state index in [4.69, 9.17) is 0 Å². The second-order valence-corrected chi connectivity index (χ2v) is 6.72. The van der Waals surface area contributed by atoms with E-state index in [1.54, 1.807) is 4.47 Å². The van der Waals surface area contributed by atoms with Gasteiger partial charge in [-0.2, -0.15) is 0 Å². The van der Waals surface area contributed by atoms with Gasteiger partial charge < -0.3 is 0 Å². The third-order valence-electron chi connectivity index (χ3n) is 2.45. The van der Waals surface area contributed by atoms with Crippen molar-refractivity contribution in [1.82, 2.24) is 0 Å². The Kier molecular flexibility index (Phi) is 6.52. The molecule has 16 heavy (non-hydrogen) atoms. The van der Waals surface area contributed by atoms with Crippen molar-refractivity contribution < 1.29 is 0 Å². The SMILES string of the molecule is CCCC/C=C(\[Se]c1ccccc1)C(C)C. The standard InChI is InChI=1S/C15H22Se/c1-4-5-7-12-15(13(2)3)16-14-10-8-6-9-11-14/h6,8-13H,4-5,7H2,1-3H3/b15-12-. The van der Waals surface area contributed by atoms with Crippen molar-refractivity contribution in [2.75, 3.05) is 0 Å². The molecule has 0 aliphatic rings. The first-order chi connectivity index (χ1) is 7.74. The van der Waals surface area contributed by atoms with Crippen LogP contribution in [0.4, 0.5) is 0 Å². The van der Waals surface area contributed by atoms with Crippen LogP contribution in [0.5, 0.6) is 0 Å². The summed E-state index contributed by atoms with van der Waals surface area (Å²) in [5.41, 5.74) is 0. The summed E-state index contributed by atoms with van der Waals surface area (Å²) >= 11 is 0.517. The first-order valence-corrected chi connectivity index (χ1v) is 7.88. The number of hydrogen-bond acceptors (Lipinski definition) is 0. The molecule has 0 bridgehead atoms. The van der Waals surface area contributed by atoms with Crippen molar-refractivity contribution >= 4 is 19.4 Å². The molecule has 0 saturated heterocycles. The quantitative estimate of drug-likeness (QED) is 0.550. The molecule has 0 saturated carbocycles. The van der Waals surface area contributed by atoms with Gasteiger partial charge in [-0.1, -0.05) is 0 Å². The number of benzene rings is 1. The fourth-order valence-corrected chi connectivity index (χ4v) is 3.57. The number of allylic oxidation sites excluding steroid dienone is 2. The van der Waals surface area contributed by atoms with Gasteiger partial charge in [0.05, 0.1) is 0 Å². The van der Waals surface area contributed by atoms with Crippen LogP contribution in [-0.4, -0.2) is 15.0 Å². The molecule has 0 spiro atoms. The molecule has 0 atom stereocenters. The van der Waals surface area contributed by atoms with Crippen LogP contribution >= 0.6 is 0 Å². The fourth-order valence-electron chi connectivity index (χ4n) is 1.47. The van der Waals surface area contributed by atoms with Gasteiger partial charge >= 0.3 is 106 Å². The van der Waals surface area contributed by atoms with E-state index >= 15 is 0 Å². The predicted octanol–water partition coefficient (Wildman–Crippen LogP) is 3.75. The summed E-state index contributed by atoms with van der Waals surface area (Å²) in [6.07, 6.45) is 6.33. The van der Waals surface area contributed by atoms with E-state index < -0.39 is 0 Å². The van der Waals surface area contributed by atoms with E-state index in [9.17, 15) is 0 Å². The first kappa shape index (κ1) is 13.5. The van der Waals surface area contributed by atoms with E-state index in [1.165, 1.54) is 23.7 Å². The predicted molar refractivity (Wildman–Crippen MR) is 74.3 cm³/mol. The molecule has 0 aliphatic carbocycles. The molecule has 0 amide bonds. The molecule has 88 valence electrons. The van der Waals surface area contributed by atoms with Crippen LogP contribution in [0, 0.1) is 5.92 Å². The van der Waals surface area contributed by atoms with Crippen molar-refractivity contribution in [3.05, 3.63) is 40.9 Å². The van der Waals surface area contributed by atoms with E-state index in [0.717, 1.165) is 0 Å². The first-order valence-electron chi connectivity index (χ1n) is 6.17. The summed E-state index contributed by atoms with van der Waals surface area (Å²) in [7, 11) is 0. The Bertz CT molecular complexity index is 311. The molecule has 1 heteroatoms. The van der Waals surface area contributed by atoms with E-state index in [-0.39, 0.29) is 0 Å². The Morgan fingerprint density at radius 2 is 1.94 bits per heavy atom. The zero-order valence-electron chi connectivity index (χ0n) is 10.6. The Morgan fingerprint density at radius 3 is 2.50 bits per heavy atom.